The number of rotatable bonds is 1. The summed E-state index contributed by atoms with van der Waals surface area (Å²) >= 11 is 0. The Morgan fingerprint density at radius 1 is 0.864 bits per heavy atom. The van der Waals surface area contributed by atoms with E-state index in [1.165, 1.54) is 18.2 Å². The minimum absolute atomic E-state index is 0.000710. The van der Waals surface area contributed by atoms with Gasteiger partial charge in [-0.2, -0.15) is 0 Å². The van der Waals surface area contributed by atoms with E-state index in [4.69, 9.17) is 4.74 Å². The van der Waals surface area contributed by atoms with Crippen molar-refractivity contribution in [1.82, 2.24) is 0 Å². The van der Waals surface area contributed by atoms with Crippen LogP contribution in [0, 0.1) is 0 Å². The smallest absolute Gasteiger partial charge is 0.200 e. The largest absolute Gasteiger partial charge is 0.508 e. The zero-order chi connectivity index (χ0) is 16.0. The first-order valence-corrected chi connectivity index (χ1v) is 6.50. The number of benzene rings is 2. The lowest BCUT2D eigenvalue weighted by atomic mass is 9.86. The SMILES string of the molecule is Oc1cc(O)c2c(c1)OCC(c1cc(O)c(O)c(O)c1)C2O. The van der Waals surface area contributed by atoms with Gasteiger partial charge in [-0.25, -0.2) is 0 Å². The third kappa shape index (κ3) is 2.11. The van der Waals surface area contributed by atoms with Crippen LogP contribution in [0.4, 0.5) is 0 Å². The Hall–Kier alpha value is -2.80. The summed E-state index contributed by atoms with van der Waals surface area (Å²) in [5.41, 5.74) is 0.444. The first-order valence-electron chi connectivity index (χ1n) is 6.50. The van der Waals surface area contributed by atoms with Crippen LogP contribution in [0.2, 0.25) is 0 Å². The molecule has 2 aromatic rings. The van der Waals surface area contributed by atoms with Gasteiger partial charge < -0.3 is 35.4 Å². The maximum Gasteiger partial charge on any atom is 0.200 e. The third-order valence-corrected chi connectivity index (χ3v) is 3.72. The quantitative estimate of drug-likeness (QED) is 0.439. The number of hydrogen-bond donors (Lipinski definition) is 6. The van der Waals surface area contributed by atoms with Crippen LogP contribution in [0.1, 0.15) is 23.1 Å². The molecule has 0 amide bonds. The van der Waals surface area contributed by atoms with Gasteiger partial charge in [0.1, 0.15) is 17.2 Å². The minimum Gasteiger partial charge on any atom is -0.508 e. The fourth-order valence-corrected chi connectivity index (χ4v) is 2.60. The summed E-state index contributed by atoms with van der Waals surface area (Å²) in [6, 6.07) is 4.77. The Kier molecular flexibility index (Phi) is 3.14. The number of aromatic hydroxyl groups is 5. The lowest BCUT2D eigenvalue weighted by Crippen LogP contribution is -2.24. The van der Waals surface area contributed by atoms with Crippen molar-refractivity contribution in [2.45, 2.75) is 12.0 Å². The van der Waals surface area contributed by atoms with Gasteiger partial charge in [-0.05, 0) is 17.7 Å². The molecule has 0 radical (unpaired) electrons. The number of hydrogen-bond acceptors (Lipinski definition) is 7. The van der Waals surface area contributed by atoms with Crippen molar-refractivity contribution in [3.8, 4) is 34.5 Å². The van der Waals surface area contributed by atoms with E-state index in [1.807, 2.05) is 0 Å². The Morgan fingerprint density at radius 2 is 1.50 bits per heavy atom. The molecular weight excluding hydrogens is 292 g/mol. The topological polar surface area (TPSA) is 131 Å². The first kappa shape index (κ1) is 14.2. The molecule has 0 spiro atoms. The monoisotopic (exact) mass is 306 g/mol. The number of aliphatic hydroxyl groups is 1. The van der Waals surface area contributed by atoms with Crippen LogP contribution >= 0.6 is 0 Å². The Morgan fingerprint density at radius 3 is 2.14 bits per heavy atom. The number of phenols is 5. The van der Waals surface area contributed by atoms with Gasteiger partial charge >= 0.3 is 0 Å². The predicted molar refractivity (Wildman–Crippen MR) is 74.4 cm³/mol. The maximum absolute atomic E-state index is 10.4. The van der Waals surface area contributed by atoms with Crippen LogP contribution in [-0.4, -0.2) is 37.2 Å². The van der Waals surface area contributed by atoms with Gasteiger partial charge in [0, 0.05) is 18.1 Å². The molecule has 1 aliphatic heterocycles. The standard InChI is InChI=1S/C15H14O7/c16-7-3-9(17)13-12(4-7)22-5-8(14(13)20)6-1-10(18)15(21)11(19)2-6/h1-4,8,14,16-21H,5H2. The molecule has 3 rings (SSSR count). The van der Waals surface area contributed by atoms with Crippen molar-refractivity contribution in [2.24, 2.45) is 0 Å². The molecule has 2 unspecified atom stereocenters. The molecule has 7 nitrogen and oxygen atoms in total. The van der Waals surface area contributed by atoms with Crippen LogP contribution in [-0.2, 0) is 0 Å². The number of ether oxygens (including phenoxy) is 1. The molecule has 0 aliphatic carbocycles. The summed E-state index contributed by atoms with van der Waals surface area (Å²) in [7, 11) is 0. The van der Waals surface area contributed by atoms with Gasteiger partial charge in [-0.15, -0.1) is 0 Å². The van der Waals surface area contributed by atoms with Crippen molar-refractivity contribution in [2.75, 3.05) is 6.61 Å². The van der Waals surface area contributed by atoms with Crippen LogP contribution < -0.4 is 4.74 Å². The Labute approximate surface area is 124 Å². The van der Waals surface area contributed by atoms with Crippen molar-refractivity contribution >= 4 is 0 Å². The van der Waals surface area contributed by atoms with E-state index >= 15 is 0 Å². The maximum atomic E-state index is 10.4. The van der Waals surface area contributed by atoms with Crippen molar-refractivity contribution in [3.63, 3.8) is 0 Å². The average Bonchev–Trinajstić information content (AvgIpc) is 2.43. The minimum atomic E-state index is -1.17. The van der Waals surface area contributed by atoms with Gasteiger partial charge in [0.25, 0.3) is 0 Å². The fraction of sp³-hybridized carbons (Fsp3) is 0.200. The van der Waals surface area contributed by atoms with Gasteiger partial charge in [-0.3, -0.25) is 0 Å². The second-order valence-corrected chi connectivity index (χ2v) is 5.15. The zero-order valence-corrected chi connectivity index (χ0v) is 11.3. The van der Waals surface area contributed by atoms with Crippen molar-refractivity contribution in [1.29, 1.82) is 0 Å². The predicted octanol–water partition coefficient (Wildman–Crippen LogP) is 1.42. The van der Waals surface area contributed by atoms with E-state index in [-0.39, 0.29) is 29.4 Å². The summed E-state index contributed by atoms with van der Waals surface area (Å²) in [6.45, 7) is 0.000710. The molecule has 6 N–H and O–H groups in total. The van der Waals surface area contributed by atoms with E-state index in [2.05, 4.69) is 0 Å². The van der Waals surface area contributed by atoms with Gasteiger partial charge in [0.15, 0.2) is 17.2 Å². The molecule has 0 fully saturated rings. The lowest BCUT2D eigenvalue weighted by Gasteiger charge is -2.31. The Balaban J connectivity index is 2.05. The second-order valence-electron chi connectivity index (χ2n) is 5.15. The molecule has 2 atom stereocenters. The summed E-state index contributed by atoms with van der Waals surface area (Å²) in [4.78, 5) is 0. The van der Waals surface area contributed by atoms with E-state index < -0.39 is 29.3 Å². The summed E-state index contributed by atoms with van der Waals surface area (Å²) in [5.74, 6) is -2.73. The van der Waals surface area contributed by atoms with E-state index in [0.717, 1.165) is 6.07 Å². The molecule has 7 heteroatoms. The van der Waals surface area contributed by atoms with Gasteiger partial charge in [0.05, 0.1) is 18.3 Å². The normalized spacial score (nSPS) is 20.2. The molecule has 1 heterocycles. The van der Waals surface area contributed by atoms with Crippen molar-refractivity contribution in [3.05, 3.63) is 35.4 Å². The molecule has 0 aromatic heterocycles. The van der Waals surface area contributed by atoms with E-state index in [0.29, 0.717) is 5.56 Å². The fourth-order valence-electron chi connectivity index (χ4n) is 2.60. The zero-order valence-electron chi connectivity index (χ0n) is 11.3. The summed E-state index contributed by atoms with van der Waals surface area (Å²) < 4.78 is 5.43. The molecule has 0 saturated heterocycles. The highest BCUT2D eigenvalue weighted by atomic mass is 16.5. The highest BCUT2D eigenvalue weighted by Crippen LogP contribution is 2.48. The van der Waals surface area contributed by atoms with Crippen molar-refractivity contribution < 1.29 is 35.4 Å². The number of aliphatic hydroxyl groups excluding tert-OH is 1. The highest BCUT2D eigenvalue weighted by molar-refractivity contribution is 5.55. The first-order chi connectivity index (χ1) is 10.4. The van der Waals surface area contributed by atoms with Crippen LogP contribution in [0.5, 0.6) is 34.5 Å². The number of fused-ring (bicyclic) bond motifs is 1. The van der Waals surface area contributed by atoms with E-state index in [1.54, 1.807) is 0 Å². The highest BCUT2D eigenvalue weighted by Gasteiger charge is 2.34. The molecule has 1 aliphatic rings. The molecule has 116 valence electrons. The van der Waals surface area contributed by atoms with Crippen LogP contribution in [0.15, 0.2) is 24.3 Å². The lowest BCUT2D eigenvalue weighted by molar-refractivity contribution is 0.0856. The Bertz CT molecular complexity index is 718. The van der Waals surface area contributed by atoms with Crippen LogP contribution in [0.3, 0.4) is 0 Å². The average molecular weight is 306 g/mol. The van der Waals surface area contributed by atoms with Crippen LogP contribution in [0.25, 0.3) is 0 Å². The summed E-state index contributed by atoms with van der Waals surface area (Å²) in [6.07, 6.45) is -1.17. The van der Waals surface area contributed by atoms with E-state index in [9.17, 15) is 30.6 Å². The molecule has 22 heavy (non-hydrogen) atoms. The summed E-state index contributed by atoms with van der Waals surface area (Å²) in [5, 5.41) is 58.3. The number of phenolic OH excluding ortho intramolecular Hbond substituents is 5. The van der Waals surface area contributed by atoms with Gasteiger partial charge in [0.2, 0.25) is 0 Å². The molecule has 0 bridgehead atoms. The molecule has 2 aromatic carbocycles. The second kappa shape index (κ2) is 4.88. The molecular formula is C15H14O7. The molecule has 0 saturated carbocycles. The third-order valence-electron chi connectivity index (χ3n) is 3.72. The van der Waals surface area contributed by atoms with Gasteiger partial charge in [-0.1, -0.05) is 0 Å².